The molecule has 0 radical (unpaired) electrons. The number of likely N-dealkylation sites (tertiary alicyclic amines) is 1. The van der Waals surface area contributed by atoms with E-state index in [2.05, 4.69) is 18.7 Å². The molecule has 2 atom stereocenters. The first-order valence-electron chi connectivity index (χ1n) is 6.98. The van der Waals surface area contributed by atoms with E-state index >= 15 is 0 Å². The maximum absolute atomic E-state index is 11.3. The normalized spacial score (nSPS) is 24.1. The fourth-order valence-electron chi connectivity index (χ4n) is 2.78. The second kappa shape index (κ2) is 7.70. The van der Waals surface area contributed by atoms with Crippen LogP contribution < -0.4 is 0 Å². The first-order valence-corrected chi connectivity index (χ1v) is 6.98. The Morgan fingerprint density at radius 2 is 2.18 bits per heavy atom. The van der Waals surface area contributed by atoms with Gasteiger partial charge in [0.25, 0.3) is 0 Å². The fraction of sp³-hybridized carbons (Fsp3) is 0.929. The molecule has 1 aliphatic heterocycles. The third kappa shape index (κ3) is 5.07. The van der Waals surface area contributed by atoms with E-state index < -0.39 is 0 Å². The SMILES string of the molecule is CCCC1CCCN(C(C)CC(=O)OC)CC1. The number of carbonyl (C=O) groups excluding carboxylic acids is 1. The van der Waals surface area contributed by atoms with Crippen molar-refractivity contribution in [3.63, 3.8) is 0 Å². The van der Waals surface area contributed by atoms with E-state index in [0.717, 1.165) is 19.0 Å². The minimum absolute atomic E-state index is 0.0909. The highest BCUT2D eigenvalue weighted by Crippen LogP contribution is 2.23. The molecule has 2 unspecified atom stereocenters. The Balaban J connectivity index is 2.36. The van der Waals surface area contributed by atoms with Crippen molar-refractivity contribution in [3.05, 3.63) is 0 Å². The highest BCUT2D eigenvalue weighted by Gasteiger charge is 2.21. The summed E-state index contributed by atoms with van der Waals surface area (Å²) in [5.74, 6) is 0.808. The van der Waals surface area contributed by atoms with Gasteiger partial charge in [-0.05, 0) is 45.2 Å². The van der Waals surface area contributed by atoms with E-state index in [1.807, 2.05) is 0 Å². The summed E-state index contributed by atoms with van der Waals surface area (Å²) in [6, 6.07) is 0.322. The molecule has 100 valence electrons. The second-order valence-electron chi connectivity index (χ2n) is 5.25. The highest BCUT2D eigenvalue weighted by atomic mass is 16.5. The zero-order valence-corrected chi connectivity index (χ0v) is 11.6. The number of esters is 1. The molecule has 0 aromatic rings. The second-order valence-corrected chi connectivity index (χ2v) is 5.25. The van der Waals surface area contributed by atoms with Crippen LogP contribution in [0, 0.1) is 5.92 Å². The molecular weight excluding hydrogens is 214 g/mol. The number of hydrogen-bond acceptors (Lipinski definition) is 3. The third-order valence-corrected chi connectivity index (χ3v) is 3.89. The minimum atomic E-state index is -0.0909. The Hall–Kier alpha value is -0.570. The topological polar surface area (TPSA) is 29.5 Å². The molecule has 0 N–H and O–H groups in total. The molecule has 3 nitrogen and oxygen atoms in total. The van der Waals surface area contributed by atoms with E-state index in [1.165, 1.54) is 39.2 Å². The van der Waals surface area contributed by atoms with Gasteiger partial charge in [-0.3, -0.25) is 4.79 Å². The van der Waals surface area contributed by atoms with Crippen LogP contribution in [0.5, 0.6) is 0 Å². The summed E-state index contributed by atoms with van der Waals surface area (Å²) in [5.41, 5.74) is 0. The number of hydrogen-bond donors (Lipinski definition) is 0. The fourth-order valence-corrected chi connectivity index (χ4v) is 2.78. The van der Waals surface area contributed by atoms with Gasteiger partial charge in [0.1, 0.15) is 0 Å². The predicted octanol–water partition coefficient (Wildman–Crippen LogP) is 2.84. The molecule has 0 aromatic heterocycles. The predicted molar refractivity (Wildman–Crippen MR) is 69.9 cm³/mol. The maximum atomic E-state index is 11.3. The van der Waals surface area contributed by atoms with Gasteiger partial charge in [-0.2, -0.15) is 0 Å². The molecule has 1 saturated heterocycles. The first kappa shape index (κ1) is 14.5. The summed E-state index contributed by atoms with van der Waals surface area (Å²) < 4.78 is 4.74. The van der Waals surface area contributed by atoms with Crippen molar-refractivity contribution in [1.82, 2.24) is 4.90 Å². The van der Waals surface area contributed by atoms with E-state index in [0.29, 0.717) is 12.5 Å². The van der Waals surface area contributed by atoms with Crippen LogP contribution in [-0.4, -0.2) is 37.1 Å². The largest absolute Gasteiger partial charge is 0.469 e. The van der Waals surface area contributed by atoms with Crippen molar-refractivity contribution < 1.29 is 9.53 Å². The lowest BCUT2D eigenvalue weighted by molar-refractivity contribution is -0.141. The summed E-state index contributed by atoms with van der Waals surface area (Å²) in [6.45, 7) is 6.68. The van der Waals surface area contributed by atoms with Crippen molar-refractivity contribution in [2.45, 2.75) is 58.4 Å². The lowest BCUT2D eigenvalue weighted by Crippen LogP contribution is -2.35. The van der Waals surface area contributed by atoms with Gasteiger partial charge in [0.2, 0.25) is 0 Å². The smallest absolute Gasteiger partial charge is 0.307 e. The van der Waals surface area contributed by atoms with Crippen molar-refractivity contribution in [3.8, 4) is 0 Å². The van der Waals surface area contributed by atoms with Gasteiger partial charge >= 0.3 is 5.97 Å². The van der Waals surface area contributed by atoms with Crippen LogP contribution in [0.15, 0.2) is 0 Å². The number of carbonyl (C=O) groups is 1. The summed E-state index contributed by atoms with van der Waals surface area (Å²) in [7, 11) is 1.47. The third-order valence-electron chi connectivity index (χ3n) is 3.89. The summed E-state index contributed by atoms with van der Waals surface area (Å²) >= 11 is 0. The Morgan fingerprint density at radius 3 is 2.82 bits per heavy atom. The molecule has 0 bridgehead atoms. The van der Waals surface area contributed by atoms with E-state index in [-0.39, 0.29) is 5.97 Å². The standard InChI is InChI=1S/C14H27NO2/c1-4-6-13-7-5-9-15(10-8-13)12(2)11-14(16)17-3/h12-13H,4-11H2,1-3H3. The molecule has 0 saturated carbocycles. The summed E-state index contributed by atoms with van der Waals surface area (Å²) in [5, 5.41) is 0. The molecule has 1 aliphatic rings. The van der Waals surface area contributed by atoms with Gasteiger partial charge < -0.3 is 9.64 Å². The number of rotatable bonds is 5. The Bertz CT molecular complexity index is 230. The molecule has 0 aliphatic carbocycles. The quantitative estimate of drug-likeness (QED) is 0.693. The Labute approximate surface area is 106 Å². The van der Waals surface area contributed by atoms with Crippen LogP contribution in [0.3, 0.4) is 0 Å². The zero-order chi connectivity index (χ0) is 12.7. The van der Waals surface area contributed by atoms with Crippen LogP contribution in [0.1, 0.15) is 52.4 Å². The van der Waals surface area contributed by atoms with Crippen LogP contribution in [0.25, 0.3) is 0 Å². The molecule has 1 rings (SSSR count). The lowest BCUT2D eigenvalue weighted by Gasteiger charge is -2.26. The number of ether oxygens (including phenoxy) is 1. The molecule has 1 fully saturated rings. The first-order chi connectivity index (χ1) is 8.17. The van der Waals surface area contributed by atoms with Gasteiger partial charge in [-0.15, -0.1) is 0 Å². The highest BCUT2D eigenvalue weighted by molar-refractivity contribution is 5.69. The van der Waals surface area contributed by atoms with E-state index in [1.54, 1.807) is 0 Å². The number of nitrogens with zero attached hydrogens (tertiary/aromatic N) is 1. The van der Waals surface area contributed by atoms with Gasteiger partial charge in [-0.1, -0.05) is 19.8 Å². The van der Waals surface area contributed by atoms with Gasteiger partial charge in [-0.25, -0.2) is 0 Å². The van der Waals surface area contributed by atoms with E-state index in [9.17, 15) is 4.79 Å². The zero-order valence-electron chi connectivity index (χ0n) is 11.6. The van der Waals surface area contributed by atoms with Crippen molar-refractivity contribution in [2.24, 2.45) is 5.92 Å². The molecular formula is C14H27NO2. The van der Waals surface area contributed by atoms with Crippen LogP contribution in [-0.2, 0) is 9.53 Å². The molecule has 0 amide bonds. The number of methoxy groups -OCH3 is 1. The maximum Gasteiger partial charge on any atom is 0.307 e. The van der Waals surface area contributed by atoms with Crippen molar-refractivity contribution in [1.29, 1.82) is 0 Å². The lowest BCUT2D eigenvalue weighted by atomic mass is 9.96. The molecule has 0 aromatic carbocycles. The summed E-state index contributed by atoms with van der Waals surface area (Å²) in [4.78, 5) is 13.7. The van der Waals surface area contributed by atoms with Crippen molar-refractivity contribution in [2.75, 3.05) is 20.2 Å². The van der Waals surface area contributed by atoms with Crippen molar-refractivity contribution >= 4 is 5.97 Å². The van der Waals surface area contributed by atoms with E-state index in [4.69, 9.17) is 4.74 Å². The monoisotopic (exact) mass is 241 g/mol. The molecule has 1 heterocycles. The minimum Gasteiger partial charge on any atom is -0.469 e. The molecule has 3 heteroatoms. The molecule has 0 spiro atoms. The average molecular weight is 241 g/mol. The van der Waals surface area contributed by atoms with Gasteiger partial charge in [0, 0.05) is 6.04 Å². The van der Waals surface area contributed by atoms with Crippen LogP contribution >= 0.6 is 0 Å². The van der Waals surface area contributed by atoms with Gasteiger partial charge in [0.15, 0.2) is 0 Å². The Morgan fingerprint density at radius 1 is 1.41 bits per heavy atom. The van der Waals surface area contributed by atoms with Crippen LogP contribution in [0.2, 0.25) is 0 Å². The van der Waals surface area contributed by atoms with Gasteiger partial charge in [0.05, 0.1) is 13.5 Å². The summed E-state index contributed by atoms with van der Waals surface area (Å²) in [6.07, 6.45) is 7.10. The molecule has 17 heavy (non-hydrogen) atoms. The average Bonchev–Trinajstić information content (AvgIpc) is 2.55. The Kier molecular flexibility index (Phi) is 6.56. The van der Waals surface area contributed by atoms with Crippen LogP contribution in [0.4, 0.5) is 0 Å².